The maximum atomic E-state index is 12.4. The molecule has 0 amide bonds. The summed E-state index contributed by atoms with van der Waals surface area (Å²) in [6.45, 7) is 0.769. The molecule has 2 aromatic rings. The van der Waals surface area contributed by atoms with Gasteiger partial charge in [0.25, 0.3) is 0 Å². The lowest BCUT2D eigenvalue weighted by Gasteiger charge is -2.15. The van der Waals surface area contributed by atoms with E-state index in [1.807, 2.05) is 12.1 Å². The number of alkyl halides is 3. The summed E-state index contributed by atoms with van der Waals surface area (Å²) in [5.74, 6) is 0.263. The van der Waals surface area contributed by atoms with Gasteiger partial charge in [0, 0.05) is 38.1 Å². The van der Waals surface area contributed by atoms with Crippen molar-refractivity contribution in [1.82, 2.24) is 15.6 Å². The zero-order valence-electron chi connectivity index (χ0n) is 14.1. The predicted molar refractivity (Wildman–Crippen MR) is 105 cm³/mol. The molecule has 5 nitrogen and oxygen atoms in total. The Labute approximate surface area is 167 Å². The molecule has 2 rings (SSSR count). The van der Waals surface area contributed by atoms with Crippen LogP contribution in [0.25, 0.3) is 0 Å². The molecule has 0 radical (unpaired) electrons. The number of benzene rings is 1. The molecule has 0 aliphatic heterocycles. The first-order valence-electron chi connectivity index (χ1n) is 7.65. The summed E-state index contributed by atoms with van der Waals surface area (Å²) in [6.07, 6.45) is -0.484. The monoisotopic (exact) mass is 480 g/mol. The summed E-state index contributed by atoms with van der Waals surface area (Å²) in [5, 5.41) is 6.08. The van der Waals surface area contributed by atoms with Gasteiger partial charge < -0.3 is 15.4 Å². The van der Waals surface area contributed by atoms with Gasteiger partial charge in [-0.2, -0.15) is 0 Å². The Morgan fingerprint density at radius 3 is 2.58 bits per heavy atom. The first-order chi connectivity index (χ1) is 12.0. The topological polar surface area (TPSA) is 58.5 Å². The molecule has 2 N–H and O–H groups in total. The zero-order chi connectivity index (χ0) is 18.1. The number of nitrogens with one attached hydrogen (secondary N) is 2. The largest absolute Gasteiger partial charge is 0.573 e. The summed E-state index contributed by atoms with van der Waals surface area (Å²) in [6, 6.07) is 9.82. The summed E-state index contributed by atoms with van der Waals surface area (Å²) >= 11 is 0. The minimum atomic E-state index is -4.72. The number of ether oxygens (including phenoxy) is 1. The molecule has 0 atom stereocenters. The SMILES string of the molecule is CN=C(NCCc1cccnc1)NCc1ccccc1OC(F)(F)F.I. The quantitative estimate of drug-likeness (QED) is 0.378. The van der Waals surface area contributed by atoms with Gasteiger partial charge in [-0.1, -0.05) is 24.3 Å². The highest BCUT2D eigenvalue weighted by Gasteiger charge is 2.31. The second kappa shape index (κ2) is 10.8. The number of rotatable bonds is 6. The highest BCUT2D eigenvalue weighted by Crippen LogP contribution is 2.25. The summed E-state index contributed by atoms with van der Waals surface area (Å²) in [5.41, 5.74) is 1.46. The Balaban J connectivity index is 0.00000338. The van der Waals surface area contributed by atoms with Crippen molar-refractivity contribution in [3.63, 3.8) is 0 Å². The van der Waals surface area contributed by atoms with E-state index >= 15 is 0 Å². The zero-order valence-corrected chi connectivity index (χ0v) is 16.4. The number of aromatic nitrogens is 1. The van der Waals surface area contributed by atoms with Gasteiger partial charge in [0.2, 0.25) is 0 Å². The molecule has 0 aliphatic rings. The average Bonchev–Trinajstić information content (AvgIpc) is 2.58. The van der Waals surface area contributed by atoms with Crippen LogP contribution >= 0.6 is 24.0 Å². The molecule has 1 aromatic heterocycles. The first kappa shape index (κ1) is 22.0. The molecule has 9 heteroatoms. The standard InChI is InChI=1S/C17H19F3N4O.HI/c1-21-16(23-10-8-13-5-4-9-22-11-13)24-12-14-6-2-3-7-15(14)25-17(18,19)20;/h2-7,9,11H,8,10,12H2,1H3,(H2,21,23,24);1H. The molecule has 0 saturated carbocycles. The lowest BCUT2D eigenvalue weighted by Crippen LogP contribution is -2.38. The molecule has 0 unspecified atom stereocenters. The number of para-hydroxylation sites is 1. The van der Waals surface area contributed by atoms with Crippen LogP contribution in [0.2, 0.25) is 0 Å². The Morgan fingerprint density at radius 2 is 1.92 bits per heavy atom. The number of guanidine groups is 1. The van der Waals surface area contributed by atoms with Crippen LogP contribution in [-0.4, -0.2) is 30.9 Å². The van der Waals surface area contributed by atoms with Crippen LogP contribution in [0.4, 0.5) is 13.2 Å². The molecule has 0 fully saturated rings. The van der Waals surface area contributed by atoms with E-state index < -0.39 is 6.36 Å². The predicted octanol–water partition coefficient (Wildman–Crippen LogP) is 3.51. The van der Waals surface area contributed by atoms with Crippen molar-refractivity contribution in [3.05, 3.63) is 59.9 Å². The molecule has 1 heterocycles. The molecule has 1 aromatic carbocycles. The minimum absolute atomic E-state index is 0. The molecule has 0 spiro atoms. The van der Waals surface area contributed by atoms with Gasteiger partial charge >= 0.3 is 6.36 Å². The van der Waals surface area contributed by atoms with Crippen LogP contribution in [0.1, 0.15) is 11.1 Å². The lowest BCUT2D eigenvalue weighted by molar-refractivity contribution is -0.274. The van der Waals surface area contributed by atoms with Gasteiger partial charge in [-0.15, -0.1) is 37.1 Å². The molecular formula is C17H20F3IN4O. The minimum Gasteiger partial charge on any atom is -0.405 e. The van der Waals surface area contributed by atoms with Gasteiger partial charge in [0.05, 0.1) is 0 Å². The van der Waals surface area contributed by atoms with E-state index in [4.69, 9.17) is 0 Å². The first-order valence-corrected chi connectivity index (χ1v) is 7.65. The summed E-state index contributed by atoms with van der Waals surface area (Å²) in [4.78, 5) is 8.09. The van der Waals surface area contributed by atoms with Crippen molar-refractivity contribution in [2.75, 3.05) is 13.6 Å². The van der Waals surface area contributed by atoms with Crippen molar-refractivity contribution in [2.45, 2.75) is 19.3 Å². The van der Waals surface area contributed by atoms with E-state index in [0.29, 0.717) is 18.1 Å². The van der Waals surface area contributed by atoms with Crippen molar-refractivity contribution < 1.29 is 17.9 Å². The molecule has 0 saturated heterocycles. The fourth-order valence-corrected chi connectivity index (χ4v) is 2.14. The van der Waals surface area contributed by atoms with Crippen molar-refractivity contribution >= 4 is 29.9 Å². The van der Waals surface area contributed by atoms with Crippen molar-refractivity contribution in [2.24, 2.45) is 4.99 Å². The van der Waals surface area contributed by atoms with Gasteiger partial charge in [-0.3, -0.25) is 9.98 Å². The summed E-state index contributed by atoms with van der Waals surface area (Å²) < 4.78 is 41.3. The molecular weight excluding hydrogens is 460 g/mol. The van der Waals surface area contributed by atoms with Crippen LogP contribution in [0, 0.1) is 0 Å². The van der Waals surface area contributed by atoms with E-state index in [1.165, 1.54) is 12.1 Å². The molecule has 142 valence electrons. The van der Waals surface area contributed by atoms with E-state index in [0.717, 1.165) is 12.0 Å². The Morgan fingerprint density at radius 1 is 1.15 bits per heavy atom. The number of hydrogen-bond donors (Lipinski definition) is 2. The Kier molecular flexibility index (Phi) is 9.17. The van der Waals surface area contributed by atoms with Gasteiger partial charge in [0.15, 0.2) is 5.96 Å². The van der Waals surface area contributed by atoms with E-state index in [9.17, 15) is 13.2 Å². The van der Waals surface area contributed by atoms with E-state index in [-0.39, 0.29) is 36.3 Å². The third-order valence-corrected chi connectivity index (χ3v) is 3.30. The van der Waals surface area contributed by atoms with Gasteiger partial charge in [-0.25, -0.2) is 0 Å². The van der Waals surface area contributed by atoms with E-state index in [1.54, 1.807) is 31.6 Å². The van der Waals surface area contributed by atoms with E-state index in [2.05, 4.69) is 25.3 Å². The van der Waals surface area contributed by atoms with Crippen LogP contribution in [0.15, 0.2) is 53.8 Å². The molecule has 0 aliphatic carbocycles. The maximum Gasteiger partial charge on any atom is 0.573 e. The van der Waals surface area contributed by atoms with Crippen LogP contribution in [-0.2, 0) is 13.0 Å². The smallest absolute Gasteiger partial charge is 0.405 e. The highest BCUT2D eigenvalue weighted by molar-refractivity contribution is 14.0. The number of aliphatic imine (C=N–C) groups is 1. The maximum absolute atomic E-state index is 12.4. The van der Waals surface area contributed by atoms with Crippen LogP contribution < -0.4 is 15.4 Å². The van der Waals surface area contributed by atoms with Gasteiger partial charge in [0.1, 0.15) is 5.75 Å². The molecule has 0 bridgehead atoms. The third kappa shape index (κ3) is 7.89. The number of hydrogen-bond acceptors (Lipinski definition) is 3. The second-order valence-electron chi connectivity index (χ2n) is 5.12. The van der Waals surface area contributed by atoms with Crippen molar-refractivity contribution in [1.29, 1.82) is 0 Å². The fourth-order valence-electron chi connectivity index (χ4n) is 2.14. The normalized spacial score (nSPS) is 11.5. The average molecular weight is 480 g/mol. The highest BCUT2D eigenvalue weighted by atomic mass is 127. The second-order valence-corrected chi connectivity index (χ2v) is 5.12. The van der Waals surface area contributed by atoms with Crippen molar-refractivity contribution in [3.8, 4) is 5.75 Å². The molecule has 26 heavy (non-hydrogen) atoms. The number of nitrogens with zero attached hydrogens (tertiary/aromatic N) is 2. The fraction of sp³-hybridized carbons (Fsp3) is 0.294. The lowest BCUT2D eigenvalue weighted by atomic mass is 10.2. The number of pyridine rings is 1. The van der Waals surface area contributed by atoms with Gasteiger partial charge in [-0.05, 0) is 24.1 Å². The Hall–Kier alpha value is -2.04. The van der Waals surface area contributed by atoms with Crippen LogP contribution in [0.3, 0.4) is 0 Å². The Bertz CT molecular complexity index is 696. The third-order valence-electron chi connectivity index (χ3n) is 3.30. The summed E-state index contributed by atoms with van der Waals surface area (Å²) in [7, 11) is 1.59. The number of halogens is 4. The van der Waals surface area contributed by atoms with Crippen LogP contribution in [0.5, 0.6) is 5.75 Å².